The van der Waals surface area contributed by atoms with Gasteiger partial charge in [-0.05, 0) is 51.4 Å². The van der Waals surface area contributed by atoms with Crippen molar-refractivity contribution in [2.75, 3.05) is 13.2 Å². The fraction of sp³-hybridized carbons (Fsp3) is 0.750. The van der Waals surface area contributed by atoms with Gasteiger partial charge in [0.15, 0.2) is 6.10 Å². The number of hydrogen-bond acceptors (Lipinski definition) is 12. The maximum Gasteiger partial charge on any atom is 0.472 e. The molecule has 0 amide bonds. The van der Waals surface area contributed by atoms with Crippen molar-refractivity contribution >= 4 is 19.8 Å². The van der Waals surface area contributed by atoms with Gasteiger partial charge >= 0.3 is 19.8 Å². The largest absolute Gasteiger partial charge is 0.472 e. The molecular formula is C40H69O13P. The second-order valence-corrected chi connectivity index (χ2v) is 15.2. The molecule has 0 radical (unpaired) electrons. The van der Waals surface area contributed by atoms with Crippen molar-refractivity contribution < 1.29 is 63.1 Å². The molecular weight excluding hydrogens is 719 g/mol. The van der Waals surface area contributed by atoms with Gasteiger partial charge in [-0.3, -0.25) is 18.6 Å². The zero-order valence-corrected chi connectivity index (χ0v) is 33.4. The molecule has 6 unspecified atom stereocenters. The molecule has 0 bridgehead atoms. The number of carbonyl (C=O) groups is 2. The molecule has 1 saturated carbocycles. The Morgan fingerprint density at radius 2 is 1.06 bits per heavy atom. The van der Waals surface area contributed by atoms with Gasteiger partial charge in [0.2, 0.25) is 0 Å². The second kappa shape index (κ2) is 31.0. The molecule has 6 N–H and O–H groups in total. The highest BCUT2D eigenvalue weighted by atomic mass is 31.2. The molecule has 0 aliphatic heterocycles. The van der Waals surface area contributed by atoms with Gasteiger partial charge in [-0.15, -0.1) is 0 Å². The van der Waals surface area contributed by atoms with E-state index in [4.69, 9.17) is 18.5 Å². The summed E-state index contributed by atoms with van der Waals surface area (Å²) in [5.74, 6) is -1.15. The lowest BCUT2D eigenvalue weighted by molar-refractivity contribution is -0.220. The van der Waals surface area contributed by atoms with Crippen LogP contribution in [0.25, 0.3) is 0 Å². The summed E-state index contributed by atoms with van der Waals surface area (Å²) in [6.07, 6.45) is 20.5. The summed E-state index contributed by atoms with van der Waals surface area (Å²) in [5.41, 5.74) is 0. The lowest BCUT2D eigenvalue weighted by Gasteiger charge is -2.41. The predicted octanol–water partition coefficient (Wildman–Crippen LogP) is 6.44. The molecule has 14 heteroatoms. The molecule has 1 aliphatic carbocycles. The van der Waals surface area contributed by atoms with Crippen molar-refractivity contribution in [3.8, 4) is 0 Å². The molecule has 0 aromatic heterocycles. The van der Waals surface area contributed by atoms with Crippen molar-refractivity contribution in [3.63, 3.8) is 0 Å². The molecule has 0 heterocycles. The van der Waals surface area contributed by atoms with E-state index in [0.717, 1.165) is 57.8 Å². The number of hydrogen-bond donors (Lipinski definition) is 6. The van der Waals surface area contributed by atoms with E-state index < -0.39 is 75.7 Å². The Labute approximate surface area is 322 Å². The van der Waals surface area contributed by atoms with Crippen molar-refractivity contribution in [2.45, 2.75) is 179 Å². The topological polar surface area (TPSA) is 210 Å². The summed E-state index contributed by atoms with van der Waals surface area (Å²) in [7, 11) is -5.12. The molecule has 0 aromatic rings. The number of phosphoric ester groups is 1. The standard InChI is InChI=1S/C40H69O13P/c1-3-5-7-9-11-13-15-16-17-18-19-21-23-25-27-29-34(42)52-32(30-50-33(41)28-26-24-22-20-14-12-10-8-6-4-2)31-51-54(48,49)53-40-38(46)36(44)35(43)37(45)39(40)47/h5,7,11,13,16-17,19,21,32,35-40,43-47H,3-4,6,8-10,12,14-15,18,20,22-31H2,1-2H3,(H,48,49)/b7-5+,13-11+,17-16+,21-19+/t32-,35?,36-,37?,38?,39?,40?/m1/s1. The smallest absolute Gasteiger partial charge is 0.462 e. The first kappa shape index (κ1) is 49.8. The highest BCUT2D eigenvalue weighted by molar-refractivity contribution is 7.47. The lowest BCUT2D eigenvalue weighted by Crippen LogP contribution is -2.64. The van der Waals surface area contributed by atoms with E-state index in [1.807, 2.05) is 6.08 Å². The molecule has 0 saturated heterocycles. The summed E-state index contributed by atoms with van der Waals surface area (Å²) >= 11 is 0. The summed E-state index contributed by atoms with van der Waals surface area (Å²) in [5, 5.41) is 49.9. The third-order valence-corrected chi connectivity index (χ3v) is 9.92. The Balaban J connectivity index is 2.57. The maximum atomic E-state index is 12.7. The minimum Gasteiger partial charge on any atom is -0.462 e. The van der Waals surface area contributed by atoms with E-state index in [9.17, 15) is 44.6 Å². The van der Waals surface area contributed by atoms with E-state index in [-0.39, 0.29) is 12.8 Å². The fourth-order valence-electron chi connectivity index (χ4n) is 5.69. The van der Waals surface area contributed by atoms with Crippen LogP contribution in [0.5, 0.6) is 0 Å². The van der Waals surface area contributed by atoms with Gasteiger partial charge in [-0.25, -0.2) is 4.57 Å². The number of unbranched alkanes of at least 4 members (excludes halogenated alkanes) is 11. The molecule has 54 heavy (non-hydrogen) atoms. The van der Waals surface area contributed by atoms with Gasteiger partial charge < -0.3 is 39.9 Å². The van der Waals surface area contributed by atoms with Crippen molar-refractivity contribution in [1.29, 1.82) is 0 Å². The van der Waals surface area contributed by atoms with Crippen LogP contribution in [-0.2, 0) is 32.7 Å². The summed E-state index contributed by atoms with van der Waals surface area (Å²) < 4.78 is 33.3. The van der Waals surface area contributed by atoms with Crippen LogP contribution in [0.15, 0.2) is 48.6 Å². The Morgan fingerprint density at radius 3 is 1.61 bits per heavy atom. The van der Waals surface area contributed by atoms with Gasteiger partial charge in [0.05, 0.1) is 6.61 Å². The van der Waals surface area contributed by atoms with Crippen LogP contribution < -0.4 is 0 Å². The van der Waals surface area contributed by atoms with E-state index in [1.54, 1.807) is 0 Å². The zero-order valence-electron chi connectivity index (χ0n) is 32.5. The number of allylic oxidation sites excluding steroid dienone is 8. The van der Waals surface area contributed by atoms with Crippen LogP contribution in [0.1, 0.15) is 136 Å². The van der Waals surface area contributed by atoms with Crippen molar-refractivity contribution in [3.05, 3.63) is 48.6 Å². The van der Waals surface area contributed by atoms with Crippen LogP contribution in [0.2, 0.25) is 0 Å². The van der Waals surface area contributed by atoms with E-state index in [2.05, 4.69) is 56.4 Å². The van der Waals surface area contributed by atoms with E-state index in [0.29, 0.717) is 12.8 Å². The average Bonchev–Trinajstić information content (AvgIpc) is 3.15. The molecule has 0 aromatic carbocycles. The van der Waals surface area contributed by atoms with Gasteiger partial charge in [-0.2, -0.15) is 0 Å². The van der Waals surface area contributed by atoms with Gasteiger partial charge in [0, 0.05) is 12.8 Å². The van der Waals surface area contributed by atoms with Crippen LogP contribution in [0, 0.1) is 0 Å². The number of aliphatic hydroxyl groups is 5. The van der Waals surface area contributed by atoms with Crippen molar-refractivity contribution in [1.82, 2.24) is 0 Å². The Morgan fingerprint density at radius 1 is 0.593 bits per heavy atom. The number of phosphoric acid groups is 1. The number of ether oxygens (including phenoxy) is 2. The van der Waals surface area contributed by atoms with Crippen LogP contribution in [-0.4, -0.2) is 98.3 Å². The Hall–Kier alpha value is -2.19. The molecule has 8 atom stereocenters. The predicted molar refractivity (Wildman–Crippen MR) is 207 cm³/mol. The number of rotatable bonds is 31. The van der Waals surface area contributed by atoms with Gasteiger partial charge in [-0.1, -0.05) is 120 Å². The van der Waals surface area contributed by atoms with Gasteiger partial charge in [0.1, 0.15) is 43.2 Å². The van der Waals surface area contributed by atoms with E-state index >= 15 is 0 Å². The second-order valence-electron chi connectivity index (χ2n) is 13.8. The highest BCUT2D eigenvalue weighted by Gasteiger charge is 2.51. The quantitative estimate of drug-likeness (QED) is 0.0194. The summed E-state index contributed by atoms with van der Waals surface area (Å²) in [6, 6.07) is 0. The molecule has 13 nitrogen and oxygen atoms in total. The lowest BCUT2D eigenvalue weighted by atomic mass is 9.85. The Kier molecular flexibility index (Phi) is 28.6. The zero-order chi connectivity index (χ0) is 40.0. The molecule has 1 fully saturated rings. The number of carbonyl (C=O) groups excluding carboxylic acids is 2. The van der Waals surface area contributed by atoms with Crippen LogP contribution in [0.4, 0.5) is 0 Å². The average molecular weight is 789 g/mol. The molecule has 0 spiro atoms. The molecule has 1 aliphatic rings. The first-order valence-electron chi connectivity index (χ1n) is 19.9. The van der Waals surface area contributed by atoms with Crippen LogP contribution in [0.3, 0.4) is 0 Å². The highest BCUT2D eigenvalue weighted by Crippen LogP contribution is 2.47. The van der Waals surface area contributed by atoms with Crippen molar-refractivity contribution in [2.24, 2.45) is 0 Å². The third kappa shape index (κ3) is 23.7. The molecule has 312 valence electrons. The minimum absolute atomic E-state index is 0.0441. The van der Waals surface area contributed by atoms with Crippen LogP contribution >= 0.6 is 7.82 Å². The monoisotopic (exact) mass is 788 g/mol. The van der Waals surface area contributed by atoms with Gasteiger partial charge in [0.25, 0.3) is 0 Å². The first-order chi connectivity index (χ1) is 25.9. The van der Waals surface area contributed by atoms with E-state index in [1.165, 1.54) is 38.5 Å². The minimum atomic E-state index is -5.12. The maximum absolute atomic E-state index is 12.7. The Bertz CT molecular complexity index is 1140. The summed E-state index contributed by atoms with van der Waals surface area (Å²) in [6.45, 7) is 3.09. The third-order valence-electron chi connectivity index (χ3n) is 8.93. The summed E-state index contributed by atoms with van der Waals surface area (Å²) in [4.78, 5) is 35.4. The first-order valence-corrected chi connectivity index (χ1v) is 21.4. The number of aliphatic hydroxyl groups excluding tert-OH is 5. The normalized spacial score (nSPS) is 23.8. The SMILES string of the molecule is CC/C=C/C/C=C/C/C=C/C/C=C/CCCCC(=O)O[C@H](COC(=O)CCCCCCCCCCCC)COP(=O)(O)OC1C(O)C(O)C(O)[C@@H](O)C1O. The fourth-order valence-corrected chi connectivity index (χ4v) is 6.66. The molecule has 1 rings (SSSR count). The number of esters is 2.